The summed E-state index contributed by atoms with van der Waals surface area (Å²) in [5.41, 5.74) is 1.73. The number of hydrogen-bond acceptors (Lipinski definition) is 6. The maximum Gasteiger partial charge on any atom is 0.408 e. The second kappa shape index (κ2) is 12.6. The minimum atomic E-state index is -0.834. The van der Waals surface area contributed by atoms with Gasteiger partial charge < -0.3 is 25.4 Å². The van der Waals surface area contributed by atoms with E-state index < -0.39 is 29.8 Å². The van der Waals surface area contributed by atoms with Gasteiger partial charge in [0.25, 0.3) is 0 Å². The number of carbonyl (C=O) groups excluding carboxylic acids is 3. The number of aliphatic hydroxyl groups excluding tert-OH is 1. The molecule has 10 heteroatoms. The van der Waals surface area contributed by atoms with E-state index in [4.69, 9.17) is 16.3 Å². The van der Waals surface area contributed by atoms with E-state index in [1.165, 1.54) is 4.90 Å². The van der Waals surface area contributed by atoms with Crippen LogP contribution in [0.3, 0.4) is 0 Å². The Morgan fingerprint density at radius 2 is 1.84 bits per heavy atom. The average Bonchev–Trinajstić information content (AvgIpc) is 3.35. The Kier molecular flexibility index (Phi) is 9.73. The standard InChI is InChI=1S/C28H37ClN4O5/c1-17(2)24(32-27(37)38-28(3,4)5)26(36)33-14-6-7-23(33)25(35)31-22(16-34)19-10-8-18(9-11-19)20-12-13-30-15-21(20)29/h8-13,15,17,22-24,34H,6-7,14,16H2,1-5H3,(H,31,35)(H,32,37)/t22-,23-,24-/m0/s1. The van der Waals surface area contributed by atoms with Crippen molar-refractivity contribution < 1.29 is 24.2 Å². The minimum absolute atomic E-state index is 0.211. The quantitative estimate of drug-likeness (QED) is 0.460. The van der Waals surface area contributed by atoms with Gasteiger partial charge >= 0.3 is 6.09 Å². The van der Waals surface area contributed by atoms with E-state index in [9.17, 15) is 19.5 Å². The minimum Gasteiger partial charge on any atom is -0.444 e. The maximum atomic E-state index is 13.4. The molecule has 1 saturated heterocycles. The number of amides is 3. The zero-order valence-electron chi connectivity index (χ0n) is 22.5. The highest BCUT2D eigenvalue weighted by atomic mass is 35.5. The Balaban J connectivity index is 1.70. The number of benzene rings is 1. The molecule has 1 aromatic carbocycles. The predicted molar refractivity (Wildman–Crippen MR) is 145 cm³/mol. The Morgan fingerprint density at radius 1 is 1.16 bits per heavy atom. The van der Waals surface area contributed by atoms with Crippen molar-refractivity contribution in [2.24, 2.45) is 5.92 Å². The van der Waals surface area contributed by atoms with Gasteiger partial charge in [-0.05, 0) is 56.7 Å². The fraction of sp³-hybridized carbons (Fsp3) is 0.500. The van der Waals surface area contributed by atoms with Gasteiger partial charge in [-0.1, -0.05) is 49.7 Å². The van der Waals surface area contributed by atoms with Gasteiger partial charge in [0.15, 0.2) is 0 Å². The summed E-state index contributed by atoms with van der Waals surface area (Å²) in [4.78, 5) is 44.6. The van der Waals surface area contributed by atoms with Crippen molar-refractivity contribution in [1.82, 2.24) is 20.5 Å². The van der Waals surface area contributed by atoms with Crippen molar-refractivity contribution in [2.45, 2.75) is 71.2 Å². The lowest BCUT2D eigenvalue weighted by Gasteiger charge is -2.31. The molecule has 2 aromatic rings. The van der Waals surface area contributed by atoms with Crippen LogP contribution in [0.4, 0.5) is 4.79 Å². The van der Waals surface area contributed by atoms with Crippen molar-refractivity contribution in [3.63, 3.8) is 0 Å². The molecule has 0 spiro atoms. The van der Waals surface area contributed by atoms with Gasteiger partial charge in [0.2, 0.25) is 11.8 Å². The molecule has 1 fully saturated rings. The predicted octanol–water partition coefficient (Wildman–Crippen LogP) is 4.09. The number of carbonyl (C=O) groups is 3. The molecule has 0 radical (unpaired) electrons. The molecule has 3 amide bonds. The van der Waals surface area contributed by atoms with Gasteiger partial charge in [0.1, 0.15) is 17.7 Å². The summed E-state index contributed by atoms with van der Waals surface area (Å²) >= 11 is 6.24. The second-order valence-electron chi connectivity index (χ2n) is 10.8. The van der Waals surface area contributed by atoms with Crippen LogP contribution in [0.5, 0.6) is 0 Å². The summed E-state index contributed by atoms with van der Waals surface area (Å²) in [6.07, 6.45) is 3.71. The molecule has 1 aromatic heterocycles. The Labute approximate surface area is 228 Å². The Hall–Kier alpha value is -3.17. The van der Waals surface area contributed by atoms with Crippen LogP contribution in [0.1, 0.15) is 59.1 Å². The first-order valence-electron chi connectivity index (χ1n) is 12.8. The van der Waals surface area contributed by atoms with E-state index in [2.05, 4.69) is 15.6 Å². The van der Waals surface area contributed by atoms with Crippen LogP contribution in [0, 0.1) is 5.92 Å². The van der Waals surface area contributed by atoms with Crippen molar-refractivity contribution in [3.05, 3.63) is 53.3 Å². The summed E-state index contributed by atoms with van der Waals surface area (Å²) in [6, 6.07) is 7.01. The molecule has 2 heterocycles. The lowest BCUT2D eigenvalue weighted by molar-refractivity contribution is -0.141. The molecule has 3 atom stereocenters. The third-order valence-corrected chi connectivity index (χ3v) is 6.64. The van der Waals surface area contributed by atoms with Gasteiger partial charge in [-0.15, -0.1) is 0 Å². The zero-order chi connectivity index (χ0) is 28.0. The van der Waals surface area contributed by atoms with Crippen molar-refractivity contribution in [2.75, 3.05) is 13.2 Å². The summed E-state index contributed by atoms with van der Waals surface area (Å²) in [7, 11) is 0. The summed E-state index contributed by atoms with van der Waals surface area (Å²) in [6.45, 7) is 9.00. The molecule has 0 bridgehead atoms. The van der Waals surface area contributed by atoms with Gasteiger partial charge in [0, 0.05) is 24.5 Å². The molecule has 1 aliphatic heterocycles. The number of aliphatic hydroxyl groups is 1. The maximum absolute atomic E-state index is 13.4. The second-order valence-corrected chi connectivity index (χ2v) is 11.2. The van der Waals surface area contributed by atoms with Gasteiger partial charge in [-0.25, -0.2) is 4.79 Å². The van der Waals surface area contributed by atoms with Crippen LogP contribution >= 0.6 is 11.6 Å². The van der Waals surface area contributed by atoms with E-state index in [1.54, 1.807) is 33.2 Å². The van der Waals surface area contributed by atoms with E-state index in [1.807, 2.05) is 44.2 Å². The van der Waals surface area contributed by atoms with Crippen molar-refractivity contribution in [1.29, 1.82) is 0 Å². The lowest BCUT2D eigenvalue weighted by Crippen LogP contribution is -2.56. The van der Waals surface area contributed by atoms with Gasteiger partial charge in [-0.2, -0.15) is 0 Å². The number of rotatable bonds is 8. The van der Waals surface area contributed by atoms with Gasteiger partial charge in [0.05, 0.1) is 17.7 Å². The van der Waals surface area contributed by atoms with Crippen LogP contribution < -0.4 is 10.6 Å². The molecule has 3 N–H and O–H groups in total. The highest BCUT2D eigenvalue weighted by Gasteiger charge is 2.39. The largest absolute Gasteiger partial charge is 0.444 e. The van der Waals surface area contributed by atoms with E-state index >= 15 is 0 Å². The van der Waals surface area contributed by atoms with Crippen LogP contribution in [0.2, 0.25) is 5.02 Å². The number of nitrogens with one attached hydrogen (secondary N) is 2. The molecule has 9 nitrogen and oxygen atoms in total. The number of alkyl carbamates (subject to hydrolysis) is 1. The summed E-state index contributed by atoms with van der Waals surface area (Å²) in [5, 5.41) is 16.1. The Morgan fingerprint density at radius 3 is 2.42 bits per heavy atom. The van der Waals surface area contributed by atoms with Crippen LogP contribution in [0.15, 0.2) is 42.7 Å². The normalized spacial score (nSPS) is 17.2. The highest BCUT2D eigenvalue weighted by molar-refractivity contribution is 6.33. The number of likely N-dealkylation sites (tertiary alicyclic amines) is 1. The zero-order valence-corrected chi connectivity index (χ0v) is 23.3. The monoisotopic (exact) mass is 544 g/mol. The number of ether oxygens (including phenoxy) is 1. The summed E-state index contributed by atoms with van der Waals surface area (Å²) in [5.74, 6) is -0.893. The SMILES string of the molecule is CC(C)[C@H](NC(=O)OC(C)(C)C)C(=O)N1CCC[C@H]1C(=O)N[C@@H](CO)c1ccc(-c2ccncc2Cl)cc1. The molecule has 38 heavy (non-hydrogen) atoms. The molecular formula is C28H37ClN4O5. The highest BCUT2D eigenvalue weighted by Crippen LogP contribution is 2.28. The van der Waals surface area contributed by atoms with Crippen molar-refractivity contribution in [3.8, 4) is 11.1 Å². The molecule has 0 saturated carbocycles. The van der Waals surface area contributed by atoms with E-state index in [-0.39, 0.29) is 24.3 Å². The molecule has 0 unspecified atom stereocenters. The fourth-order valence-electron chi connectivity index (χ4n) is 4.44. The third-order valence-electron chi connectivity index (χ3n) is 6.34. The van der Waals surface area contributed by atoms with E-state index in [0.717, 1.165) is 16.7 Å². The smallest absolute Gasteiger partial charge is 0.408 e. The van der Waals surface area contributed by atoms with Crippen LogP contribution in [0.25, 0.3) is 11.1 Å². The topological polar surface area (TPSA) is 121 Å². The third kappa shape index (κ3) is 7.45. The number of halogens is 1. The Bertz CT molecular complexity index is 1130. The number of nitrogens with zero attached hydrogens (tertiary/aromatic N) is 2. The molecule has 0 aliphatic carbocycles. The summed E-state index contributed by atoms with van der Waals surface area (Å²) < 4.78 is 5.33. The average molecular weight is 545 g/mol. The molecular weight excluding hydrogens is 508 g/mol. The lowest BCUT2D eigenvalue weighted by atomic mass is 10.0. The number of pyridine rings is 1. The first kappa shape index (κ1) is 29.4. The van der Waals surface area contributed by atoms with Crippen LogP contribution in [-0.4, -0.2) is 63.7 Å². The number of hydrogen-bond donors (Lipinski definition) is 3. The van der Waals surface area contributed by atoms with Crippen molar-refractivity contribution >= 4 is 29.5 Å². The van der Waals surface area contributed by atoms with Gasteiger partial charge in [-0.3, -0.25) is 14.6 Å². The fourth-order valence-corrected chi connectivity index (χ4v) is 4.66. The first-order chi connectivity index (χ1) is 17.9. The molecule has 1 aliphatic rings. The first-order valence-corrected chi connectivity index (χ1v) is 13.2. The molecule has 206 valence electrons. The molecule has 3 rings (SSSR count). The van der Waals surface area contributed by atoms with E-state index in [0.29, 0.717) is 24.4 Å². The van der Waals surface area contributed by atoms with Crippen LogP contribution in [-0.2, 0) is 14.3 Å². The number of aromatic nitrogens is 1.